The Morgan fingerprint density at radius 3 is 1.74 bits per heavy atom. The summed E-state index contributed by atoms with van der Waals surface area (Å²) in [4.78, 5) is 2.42. The van der Waals surface area contributed by atoms with Gasteiger partial charge in [-0.15, -0.1) is 35.1 Å². The minimum atomic E-state index is -0.763. The number of nitrogens with one attached hydrogen (secondary N) is 1. The van der Waals surface area contributed by atoms with E-state index in [1.165, 1.54) is 31.3 Å². The molecule has 0 radical (unpaired) electrons. The molecule has 4 rings (SSSR count). The van der Waals surface area contributed by atoms with Crippen LogP contribution in [0.25, 0.3) is 21.5 Å². The van der Waals surface area contributed by atoms with E-state index in [9.17, 15) is 10.2 Å². The minimum Gasteiger partial charge on any atom is -0.394 e. The molecule has 3 nitrogen and oxygen atoms in total. The van der Waals surface area contributed by atoms with E-state index >= 15 is 0 Å². The molecular weight excluding hydrogens is 398 g/mol. The van der Waals surface area contributed by atoms with Crippen molar-refractivity contribution in [2.24, 2.45) is 0 Å². The van der Waals surface area contributed by atoms with Crippen LogP contribution in [-0.4, -0.2) is 29.0 Å². The van der Waals surface area contributed by atoms with Gasteiger partial charge >= 0.3 is 0 Å². The summed E-state index contributed by atoms with van der Waals surface area (Å²) in [5.41, 5.74) is -0.763. The molecule has 0 aliphatic rings. The van der Waals surface area contributed by atoms with Gasteiger partial charge in [0.25, 0.3) is 0 Å². The number of fused-ring (bicyclic) bond motifs is 2. The first kappa shape index (κ1) is 20.3. The van der Waals surface area contributed by atoms with E-state index in [1.54, 1.807) is 22.7 Å². The average Bonchev–Trinajstić information content (AvgIpc) is 3.30. The summed E-state index contributed by atoms with van der Waals surface area (Å²) in [7, 11) is 0. The van der Waals surface area contributed by atoms with E-state index < -0.39 is 5.54 Å². The van der Waals surface area contributed by atoms with Crippen molar-refractivity contribution in [2.75, 3.05) is 13.2 Å². The normalized spacial score (nSPS) is 12.0. The Kier molecular flexibility index (Phi) is 6.21. The van der Waals surface area contributed by atoms with E-state index in [4.69, 9.17) is 0 Å². The molecular formula is C21H22ClNO2S2. The van der Waals surface area contributed by atoms with E-state index in [-0.39, 0.29) is 31.7 Å². The minimum absolute atomic E-state index is 0. The zero-order valence-electron chi connectivity index (χ0n) is 14.9. The lowest BCUT2D eigenvalue weighted by Crippen LogP contribution is -2.50. The lowest BCUT2D eigenvalue weighted by molar-refractivity contribution is 0.0987. The van der Waals surface area contributed by atoms with Crippen molar-refractivity contribution >= 4 is 56.6 Å². The fourth-order valence-corrected chi connectivity index (χ4v) is 5.46. The van der Waals surface area contributed by atoms with Crippen LogP contribution in [0, 0.1) is 0 Å². The molecule has 0 amide bonds. The van der Waals surface area contributed by atoms with E-state index in [1.807, 2.05) is 19.1 Å². The second kappa shape index (κ2) is 8.27. The number of halogens is 1. The predicted molar refractivity (Wildman–Crippen MR) is 118 cm³/mol. The molecule has 27 heavy (non-hydrogen) atoms. The molecule has 6 heteroatoms. The summed E-state index contributed by atoms with van der Waals surface area (Å²) < 4.78 is 0. The molecule has 0 aliphatic carbocycles. The molecule has 0 bridgehead atoms. The Morgan fingerprint density at radius 2 is 1.30 bits per heavy atom. The standard InChI is InChI=1S/C21H21NO2S2.ClH/c1-21(12-23,13-24)22-18(19-16-8-4-2-6-14(16)10-25-19)20-17-9-5-3-7-15(17)11-26-20;/h2-11,18,22-24H,12-13H2,1H3;1H. The average molecular weight is 420 g/mol. The summed E-state index contributed by atoms with van der Waals surface area (Å²) in [6.45, 7) is 1.59. The van der Waals surface area contributed by atoms with Crippen LogP contribution in [0.3, 0.4) is 0 Å². The molecule has 2 aromatic carbocycles. The third-order valence-electron chi connectivity index (χ3n) is 4.79. The maximum Gasteiger partial charge on any atom is 0.0783 e. The number of rotatable bonds is 6. The largest absolute Gasteiger partial charge is 0.394 e. The third-order valence-corrected chi connectivity index (χ3v) is 6.96. The second-order valence-electron chi connectivity index (χ2n) is 6.83. The van der Waals surface area contributed by atoms with Gasteiger partial charge in [-0.1, -0.05) is 48.5 Å². The van der Waals surface area contributed by atoms with E-state index in [2.05, 4.69) is 52.5 Å². The van der Waals surface area contributed by atoms with Crippen molar-refractivity contribution in [1.29, 1.82) is 0 Å². The third kappa shape index (κ3) is 3.76. The number of hydrogen-bond acceptors (Lipinski definition) is 5. The predicted octanol–water partition coefficient (Wildman–Crippen LogP) is 4.96. The first-order valence-corrected chi connectivity index (χ1v) is 10.3. The monoisotopic (exact) mass is 419 g/mol. The van der Waals surface area contributed by atoms with Gasteiger partial charge in [0.2, 0.25) is 0 Å². The molecule has 0 spiro atoms. The highest BCUT2D eigenvalue weighted by molar-refractivity contribution is 7.13. The summed E-state index contributed by atoms with van der Waals surface area (Å²) in [5.74, 6) is 0. The molecule has 0 saturated carbocycles. The smallest absolute Gasteiger partial charge is 0.0783 e. The number of thiophene rings is 2. The van der Waals surface area contributed by atoms with Crippen LogP contribution in [0.1, 0.15) is 22.7 Å². The molecule has 4 aromatic rings. The van der Waals surface area contributed by atoms with Crippen LogP contribution in [0.15, 0.2) is 59.3 Å². The van der Waals surface area contributed by atoms with Gasteiger partial charge in [0.05, 0.1) is 24.8 Å². The SMILES string of the molecule is CC(CO)(CO)NC(c1scc2ccccc12)c1scc2ccccc12.Cl. The van der Waals surface area contributed by atoms with Gasteiger partial charge in [-0.3, -0.25) is 5.32 Å². The van der Waals surface area contributed by atoms with Crippen molar-refractivity contribution < 1.29 is 10.2 Å². The van der Waals surface area contributed by atoms with Crippen LogP contribution in [0.5, 0.6) is 0 Å². The number of hydrogen-bond donors (Lipinski definition) is 3. The summed E-state index contributed by atoms with van der Waals surface area (Å²) in [6, 6.07) is 16.6. The van der Waals surface area contributed by atoms with Gasteiger partial charge in [-0.05, 0) is 39.2 Å². The number of benzene rings is 2. The first-order chi connectivity index (χ1) is 12.6. The Morgan fingerprint density at radius 1 is 0.852 bits per heavy atom. The van der Waals surface area contributed by atoms with Crippen molar-refractivity contribution in [1.82, 2.24) is 5.32 Å². The number of aliphatic hydroxyl groups excluding tert-OH is 2. The van der Waals surface area contributed by atoms with Crippen LogP contribution >= 0.6 is 35.1 Å². The Labute approximate surface area is 172 Å². The van der Waals surface area contributed by atoms with Crippen LogP contribution < -0.4 is 5.32 Å². The van der Waals surface area contributed by atoms with Gasteiger partial charge in [0, 0.05) is 9.75 Å². The zero-order valence-corrected chi connectivity index (χ0v) is 17.3. The lowest BCUT2D eigenvalue weighted by atomic mass is 9.99. The topological polar surface area (TPSA) is 52.5 Å². The van der Waals surface area contributed by atoms with Crippen molar-refractivity contribution in [2.45, 2.75) is 18.5 Å². The van der Waals surface area contributed by atoms with Gasteiger partial charge < -0.3 is 10.2 Å². The van der Waals surface area contributed by atoms with E-state index in [0.29, 0.717) is 0 Å². The molecule has 2 heterocycles. The van der Waals surface area contributed by atoms with Crippen molar-refractivity contribution in [3.63, 3.8) is 0 Å². The second-order valence-corrected chi connectivity index (χ2v) is 8.65. The molecule has 0 saturated heterocycles. The summed E-state index contributed by atoms with van der Waals surface area (Å²) in [5, 5.41) is 32.4. The first-order valence-electron chi connectivity index (χ1n) is 8.57. The van der Waals surface area contributed by atoms with Gasteiger partial charge in [0.1, 0.15) is 0 Å². The van der Waals surface area contributed by atoms with Crippen LogP contribution in [0.2, 0.25) is 0 Å². The Hall–Kier alpha value is -1.47. The number of aliphatic hydroxyl groups is 2. The lowest BCUT2D eigenvalue weighted by Gasteiger charge is -2.31. The highest BCUT2D eigenvalue weighted by atomic mass is 35.5. The highest BCUT2D eigenvalue weighted by Crippen LogP contribution is 2.40. The quantitative estimate of drug-likeness (QED) is 0.414. The van der Waals surface area contributed by atoms with Crippen molar-refractivity contribution in [3.8, 4) is 0 Å². The van der Waals surface area contributed by atoms with Crippen LogP contribution in [-0.2, 0) is 0 Å². The molecule has 0 unspecified atom stereocenters. The molecule has 142 valence electrons. The molecule has 0 atom stereocenters. The maximum atomic E-state index is 9.84. The van der Waals surface area contributed by atoms with Gasteiger partial charge in [-0.25, -0.2) is 0 Å². The fraction of sp³-hybridized carbons (Fsp3) is 0.238. The zero-order chi connectivity index (χ0) is 18.1. The van der Waals surface area contributed by atoms with Crippen molar-refractivity contribution in [3.05, 3.63) is 69.0 Å². The molecule has 0 fully saturated rings. The Balaban J connectivity index is 0.00000210. The molecule has 0 aliphatic heterocycles. The highest BCUT2D eigenvalue weighted by Gasteiger charge is 2.30. The molecule has 2 aromatic heterocycles. The van der Waals surface area contributed by atoms with Gasteiger partial charge in [0.15, 0.2) is 0 Å². The molecule has 3 N–H and O–H groups in total. The summed E-state index contributed by atoms with van der Waals surface area (Å²) in [6.07, 6.45) is 0. The maximum absolute atomic E-state index is 9.84. The Bertz CT molecular complexity index is 965. The fourth-order valence-electron chi connectivity index (χ4n) is 3.22. The van der Waals surface area contributed by atoms with E-state index in [0.717, 1.165) is 0 Å². The summed E-state index contributed by atoms with van der Waals surface area (Å²) >= 11 is 3.44. The van der Waals surface area contributed by atoms with Crippen LogP contribution in [0.4, 0.5) is 0 Å². The van der Waals surface area contributed by atoms with Gasteiger partial charge in [-0.2, -0.15) is 0 Å².